The molecule has 1 aromatic heterocycles. The van der Waals surface area contributed by atoms with Crippen LogP contribution >= 0.6 is 0 Å². The Morgan fingerprint density at radius 1 is 0.964 bits per heavy atom. The van der Waals surface area contributed by atoms with Gasteiger partial charge in [0.1, 0.15) is 5.82 Å². The Morgan fingerprint density at radius 2 is 1.68 bits per heavy atom. The Hall–Kier alpha value is -2.37. The van der Waals surface area contributed by atoms with E-state index < -0.39 is 0 Å². The van der Waals surface area contributed by atoms with Gasteiger partial charge in [-0.25, -0.2) is 4.98 Å². The number of piperidine rings is 1. The Morgan fingerprint density at radius 3 is 2.39 bits per heavy atom. The number of carbonyl (C=O) groups excluding carboxylic acids is 2. The van der Waals surface area contributed by atoms with Crippen molar-refractivity contribution in [1.82, 2.24) is 19.8 Å². The molecule has 3 heterocycles. The Bertz CT molecular complexity index is 782. The van der Waals surface area contributed by atoms with E-state index in [4.69, 9.17) is 0 Å². The van der Waals surface area contributed by atoms with E-state index >= 15 is 0 Å². The van der Waals surface area contributed by atoms with Gasteiger partial charge in [-0.15, -0.1) is 0 Å². The Labute approximate surface area is 166 Å². The van der Waals surface area contributed by atoms with Crippen molar-refractivity contribution >= 4 is 22.8 Å². The predicted molar refractivity (Wildman–Crippen MR) is 109 cm³/mol. The van der Waals surface area contributed by atoms with Crippen LogP contribution in [0, 0.1) is 5.92 Å². The minimum atomic E-state index is 0.0949. The van der Waals surface area contributed by atoms with Crippen LogP contribution < -0.4 is 0 Å². The normalized spacial score (nSPS) is 19.0. The van der Waals surface area contributed by atoms with Crippen LogP contribution in [-0.4, -0.2) is 57.8 Å². The van der Waals surface area contributed by atoms with Crippen molar-refractivity contribution in [3.8, 4) is 0 Å². The van der Waals surface area contributed by atoms with E-state index in [1.807, 2.05) is 29.2 Å². The fourth-order valence-corrected chi connectivity index (χ4v) is 4.43. The molecule has 0 bridgehead atoms. The maximum Gasteiger partial charge on any atom is 0.225 e. The molecule has 2 amide bonds. The van der Waals surface area contributed by atoms with Gasteiger partial charge in [-0.3, -0.25) is 9.59 Å². The highest BCUT2D eigenvalue weighted by molar-refractivity contribution is 5.80. The topological polar surface area (TPSA) is 69.3 Å². The number of nitrogens with one attached hydrogen (secondary N) is 1. The lowest BCUT2D eigenvalue weighted by molar-refractivity contribution is -0.140. The lowest BCUT2D eigenvalue weighted by atomic mass is 9.95. The van der Waals surface area contributed by atoms with Crippen LogP contribution in [0.15, 0.2) is 24.3 Å². The molecule has 1 aromatic carbocycles. The Kier molecular flexibility index (Phi) is 5.93. The van der Waals surface area contributed by atoms with Crippen LogP contribution in [0.4, 0.5) is 0 Å². The molecular weight excluding hydrogens is 352 g/mol. The molecule has 150 valence electrons. The highest BCUT2D eigenvalue weighted by Crippen LogP contribution is 2.22. The third-order valence-corrected chi connectivity index (χ3v) is 6.13. The second-order valence-corrected chi connectivity index (χ2v) is 8.10. The molecule has 2 saturated heterocycles. The van der Waals surface area contributed by atoms with Crippen molar-refractivity contribution in [1.29, 1.82) is 0 Å². The number of para-hydroxylation sites is 2. The number of rotatable bonds is 4. The summed E-state index contributed by atoms with van der Waals surface area (Å²) < 4.78 is 0. The fourth-order valence-electron chi connectivity index (χ4n) is 4.43. The summed E-state index contributed by atoms with van der Waals surface area (Å²) in [6.45, 7) is 3.22. The monoisotopic (exact) mass is 382 g/mol. The van der Waals surface area contributed by atoms with Gasteiger partial charge in [-0.1, -0.05) is 25.0 Å². The SMILES string of the molecule is O=C(CCc1nc2ccccc2[nH]1)N1CCC(C(=O)N2CCCCCC2)CC1. The van der Waals surface area contributed by atoms with Crippen molar-refractivity contribution < 1.29 is 9.59 Å². The molecule has 2 fully saturated rings. The predicted octanol–water partition coefficient (Wildman–Crippen LogP) is 3.14. The lowest BCUT2D eigenvalue weighted by Crippen LogP contribution is -2.44. The molecule has 28 heavy (non-hydrogen) atoms. The summed E-state index contributed by atoms with van der Waals surface area (Å²) in [6.07, 6.45) is 7.42. The molecule has 6 heteroatoms. The van der Waals surface area contributed by atoms with Crippen molar-refractivity contribution in [2.45, 2.75) is 51.4 Å². The molecule has 0 unspecified atom stereocenters. The molecule has 0 atom stereocenters. The summed E-state index contributed by atoms with van der Waals surface area (Å²) in [4.78, 5) is 37.2. The molecule has 2 aliphatic heterocycles. The highest BCUT2D eigenvalue weighted by atomic mass is 16.2. The maximum atomic E-state index is 12.8. The number of hydrogen-bond donors (Lipinski definition) is 1. The number of aryl methyl sites for hydroxylation is 1. The first-order chi connectivity index (χ1) is 13.7. The molecule has 6 nitrogen and oxygen atoms in total. The van der Waals surface area contributed by atoms with Crippen LogP contribution in [0.1, 0.15) is 50.8 Å². The van der Waals surface area contributed by atoms with Gasteiger partial charge >= 0.3 is 0 Å². The van der Waals surface area contributed by atoms with Crippen molar-refractivity contribution in [3.05, 3.63) is 30.1 Å². The molecule has 2 aromatic rings. The van der Waals surface area contributed by atoms with Gasteiger partial charge in [0.2, 0.25) is 11.8 Å². The van der Waals surface area contributed by atoms with Crippen molar-refractivity contribution in [2.24, 2.45) is 5.92 Å². The molecule has 0 aliphatic carbocycles. The standard InChI is InChI=1S/C22H30N4O2/c27-21(10-9-20-23-18-7-3-4-8-19(18)24-20)25-15-11-17(12-16-25)22(28)26-13-5-1-2-6-14-26/h3-4,7-8,17H,1-2,5-6,9-16H2,(H,23,24). The number of H-pyrrole nitrogens is 1. The number of amides is 2. The van der Waals surface area contributed by atoms with Crippen LogP contribution in [0.3, 0.4) is 0 Å². The zero-order chi connectivity index (χ0) is 19.3. The summed E-state index contributed by atoms with van der Waals surface area (Å²) in [5.41, 5.74) is 1.95. The van der Waals surface area contributed by atoms with E-state index in [2.05, 4.69) is 14.9 Å². The minimum absolute atomic E-state index is 0.0949. The number of fused-ring (bicyclic) bond motifs is 1. The number of nitrogens with zero attached hydrogens (tertiary/aromatic N) is 3. The van der Waals surface area contributed by atoms with E-state index in [9.17, 15) is 9.59 Å². The van der Waals surface area contributed by atoms with Gasteiger partial charge in [0.05, 0.1) is 11.0 Å². The average molecular weight is 383 g/mol. The highest BCUT2D eigenvalue weighted by Gasteiger charge is 2.30. The van der Waals surface area contributed by atoms with Gasteiger partial charge in [0.25, 0.3) is 0 Å². The summed E-state index contributed by atoms with van der Waals surface area (Å²) in [5, 5.41) is 0. The lowest BCUT2D eigenvalue weighted by Gasteiger charge is -2.34. The molecule has 0 radical (unpaired) electrons. The average Bonchev–Trinajstić information content (AvgIpc) is 2.95. The van der Waals surface area contributed by atoms with E-state index in [0.29, 0.717) is 31.8 Å². The number of carbonyl (C=O) groups is 2. The van der Waals surface area contributed by atoms with Crippen molar-refractivity contribution in [2.75, 3.05) is 26.2 Å². The van der Waals surface area contributed by atoms with Gasteiger partial charge < -0.3 is 14.8 Å². The van der Waals surface area contributed by atoms with E-state index in [-0.39, 0.29) is 11.8 Å². The van der Waals surface area contributed by atoms with E-state index in [1.165, 1.54) is 12.8 Å². The number of hydrogen-bond acceptors (Lipinski definition) is 3. The Balaban J connectivity index is 1.25. The smallest absolute Gasteiger partial charge is 0.225 e. The second kappa shape index (κ2) is 8.76. The summed E-state index contributed by atoms with van der Waals surface area (Å²) in [7, 11) is 0. The number of aromatic nitrogens is 2. The van der Waals surface area contributed by atoms with E-state index in [1.54, 1.807) is 0 Å². The van der Waals surface area contributed by atoms with Crippen LogP contribution in [0.25, 0.3) is 11.0 Å². The first kappa shape index (κ1) is 19.0. The summed E-state index contributed by atoms with van der Waals surface area (Å²) in [6, 6.07) is 7.92. The number of aromatic amines is 1. The molecule has 1 N–H and O–H groups in total. The largest absolute Gasteiger partial charge is 0.343 e. The molecule has 0 spiro atoms. The molecule has 4 rings (SSSR count). The molecule has 2 aliphatic rings. The maximum absolute atomic E-state index is 12.8. The third kappa shape index (κ3) is 4.37. The fraction of sp³-hybridized carbons (Fsp3) is 0.591. The zero-order valence-corrected chi connectivity index (χ0v) is 16.5. The second-order valence-electron chi connectivity index (χ2n) is 8.10. The van der Waals surface area contributed by atoms with Crippen molar-refractivity contribution in [3.63, 3.8) is 0 Å². The van der Waals surface area contributed by atoms with Gasteiger partial charge in [-0.2, -0.15) is 0 Å². The molecule has 0 saturated carbocycles. The van der Waals surface area contributed by atoms with Gasteiger partial charge in [0.15, 0.2) is 0 Å². The quantitative estimate of drug-likeness (QED) is 0.883. The summed E-state index contributed by atoms with van der Waals surface area (Å²) in [5.74, 6) is 1.44. The zero-order valence-electron chi connectivity index (χ0n) is 16.5. The number of benzene rings is 1. The van der Waals surface area contributed by atoms with Crippen LogP contribution in [-0.2, 0) is 16.0 Å². The third-order valence-electron chi connectivity index (χ3n) is 6.13. The van der Waals surface area contributed by atoms with Gasteiger partial charge in [0, 0.05) is 44.9 Å². The number of imidazole rings is 1. The van der Waals surface area contributed by atoms with E-state index in [0.717, 1.165) is 55.6 Å². The minimum Gasteiger partial charge on any atom is -0.343 e. The van der Waals surface area contributed by atoms with Crippen LogP contribution in [0.5, 0.6) is 0 Å². The number of likely N-dealkylation sites (tertiary alicyclic amines) is 2. The summed E-state index contributed by atoms with van der Waals surface area (Å²) >= 11 is 0. The first-order valence-corrected chi connectivity index (χ1v) is 10.7. The van der Waals surface area contributed by atoms with Crippen LogP contribution in [0.2, 0.25) is 0 Å². The van der Waals surface area contributed by atoms with Gasteiger partial charge in [-0.05, 0) is 37.8 Å². The first-order valence-electron chi connectivity index (χ1n) is 10.7. The molecular formula is C22H30N4O2.